The number of aryl methyl sites for hydroxylation is 3. The first-order valence-electron chi connectivity index (χ1n) is 12.5. The summed E-state index contributed by atoms with van der Waals surface area (Å²) in [6.07, 6.45) is 4.47. The van der Waals surface area contributed by atoms with Gasteiger partial charge in [0.2, 0.25) is 5.91 Å². The summed E-state index contributed by atoms with van der Waals surface area (Å²) < 4.78 is 0. The van der Waals surface area contributed by atoms with E-state index < -0.39 is 0 Å². The number of benzene rings is 2. The van der Waals surface area contributed by atoms with Crippen LogP contribution in [0.25, 0.3) is 0 Å². The molecule has 1 heterocycles. The quantitative estimate of drug-likeness (QED) is 0.240. The van der Waals surface area contributed by atoms with Crippen molar-refractivity contribution in [1.29, 1.82) is 0 Å². The molecule has 0 aliphatic heterocycles. The van der Waals surface area contributed by atoms with E-state index in [0.717, 1.165) is 47.6 Å². The number of anilines is 2. The van der Waals surface area contributed by atoms with Gasteiger partial charge in [-0.1, -0.05) is 70.2 Å². The number of nitrogens with zero attached hydrogens (tertiary/aromatic N) is 1. The van der Waals surface area contributed by atoms with Crippen LogP contribution in [-0.2, 0) is 4.79 Å². The summed E-state index contributed by atoms with van der Waals surface area (Å²) in [5.41, 5.74) is 6.02. The number of carbonyl (C=O) groups excluding carboxylic acids is 2. The van der Waals surface area contributed by atoms with E-state index in [9.17, 15) is 9.59 Å². The highest BCUT2D eigenvalue weighted by molar-refractivity contribution is 5.95. The molecule has 0 saturated heterocycles. The Bertz CT molecular complexity index is 1080. The van der Waals surface area contributed by atoms with E-state index in [-0.39, 0.29) is 19.1 Å². The van der Waals surface area contributed by atoms with E-state index in [1.807, 2.05) is 44.2 Å². The third-order valence-corrected chi connectivity index (χ3v) is 5.38. The molecule has 0 bridgehead atoms. The zero-order chi connectivity index (χ0) is 26.9. The summed E-state index contributed by atoms with van der Waals surface area (Å²) in [7, 11) is 0. The minimum atomic E-state index is -0.0645. The van der Waals surface area contributed by atoms with Crippen molar-refractivity contribution in [2.75, 3.05) is 5.32 Å². The molecule has 3 rings (SSSR count). The molecule has 0 aliphatic carbocycles. The molecule has 0 fully saturated rings. The molecule has 1 atom stereocenters. The maximum absolute atomic E-state index is 10.9. The van der Waals surface area contributed by atoms with Crippen LogP contribution in [0.15, 0.2) is 79.4 Å². The van der Waals surface area contributed by atoms with Crippen molar-refractivity contribution < 1.29 is 9.59 Å². The number of amides is 1. The molecule has 37 heavy (non-hydrogen) atoms. The third-order valence-electron chi connectivity index (χ3n) is 5.38. The first kappa shape index (κ1) is 33.3. The minimum Gasteiger partial charge on any atom is -0.356 e. The van der Waals surface area contributed by atoms with E-state index in [0.29, 0.717) is 6.04 Å². The molecule has 0 radical (unpaired) electrons. The lowest BCUT2D eigenvalue weighted by atomic mass is 10.1. The van der Waals surface area contributed by atoms with Crippen LogP contribution < -0.4 is 10.6 Å². The number of aromatic nitrogens is 1. The van der Waals surface area contributed by atoms with Gasteiger partial charge in [0, 0.05) is 34.4 Å². The number of para-hydroxylation sites is 1. The molecule has 5 heteroatoms. The molecule has 5 nitrogen and oxygen atoms in total. The van der Waals surface area contributed by atoms with Crippen LogP contribution in [0.1, 0.15) is 74.8 Å². The van der Waals surface area contributed by atoms with E-state index in [2.05, 4.69) is 79.4 Å². The van der Waals surface area contributed by atoms with Crippen LogP contribution in [0.2, 0.25) is 0 Å². The van der Waals surface area contributed by atoms with E-state index >= 15 is 0 Å². The fourth-order valence-electron chi connectivity index (χ4n) is 3.37. The lowest BCUT2D eigenvalue weighted by Gasteiger charge is -2.13. The number of carbonyl (C=O) groups is 2. The zero-order valence-electron chi connectivity index (χ0n) is 22.6. The summed E-state index contributed by atoms with van der Waals surface area (Å²) in [5, 5.41) is 6.19. The molecule has 1 aromatic heterocycles. The Morgan fingerprint density at radius 3 is 2.00 bits per heavy atom. The zero-order valence-corrected chi connectivity index (χ0v) is 22.6. The molecule has 3 aromatic rings. The molecule has 0 saturated carbocycles. The number of hydrogen-bond donors (Lipinski definition) is 2. The smallest absolute Gasteiger partial charge is 0.243 e. The highest BCUT2D eigenvalue weighted by atomic mass is 16.1. The summed E-state index contributed by atoms with van der Waals surface area (Å²) in [5.74, 6) is 0.0142. The summed E-state index contributed by atoms with van der Waals surface area (Å²) >= 11 is 0. The fraction of sp³-hybridized carbons (Fsp3) is 0.344. The van der Waals surface area contributed by atoms with Gasteiger partial charge in [-0.2, -0.15) is 0 Å². The lowest BCUT2D eigenvalue weighted by molar-refractivity contribution is -0.117. The van der Waals surface area contributed by atoms with Crippen molar-refractivity contribution in [2.45, 2.75) is 74.3 Å². The summed E-state index contributed by atoms with van der Waals surface area (Å²) in [4.78, 5) is 25.9. The van der Waals surface area contributed by atoms with Crippen molar-refractivity contribution in [3.8, 4) is 0 Å². The predicted octanol–water partition coefficient (Wildman–Crippen LogP) is 8.14. The Morgan fingerprint density at radius 1 is 0.919 bits per heavy atom. The average molecular weight is 504 g/mol. The van der Waals surface area contributed by atoms with Crippen LogP contribution in [-0.4, -0.2) is 22.7 Å². The molecule has 200 valence electrons. The average Bonchev–Trinajstić information content (AvgIpc) is 2.86. The second-order valence-electron chi connectivity index (χ2n) is 8.61. The molecule has 2 aromatic carbocycles. The van der Waals surface area contributed by atoms with Gasteiger partial charge in [-0.3, -0.25) is 14.6 Å². The van der Waals surface area contributed by atoms with Gasteiger partial charge in [0.1, 0.15) is 0 Å². The van der Waals surface area contributed by atoms with Gasteiger partial charge in [0.15, 0.2) is 5.78 Å². The molecular weight excluding hydrogens is 458 g/mol. The Hall–Kier alpha value is -3.73. The number of pyridine rings is 1. The number of rotatable bonds is 8. The lowest BCUT2D eigenvalue weighted by Crippen LogP contribution is -2.32. The van der Waals surface area contributed by atoms with Crippen molar-refractivity contribution in [3.63, 3.8) is 0 Å². The largest absolute Gasteiger partial charge is 0.356 e. The van der Waals surface area contributed by atoms with Gasteiger partial charge in [0.05, 0.1) is 0 Å². The van der Waals surface area contributed by atoms with Gasteiger partial charge in [-0.25, -0.2) is 0 Å². The van der Waals surface area contributed by atoms with Gasteiger partial charge >= 0.3 is 0 Å². The minimum absolute atomic E-state index is 0. The molecular formula is C32H45N3O2. The second kappa shape index (κ2) is 18.5. The second-order valence-corrected chi connectivity index (χ2v) is 8.61. The fourth-order valence-corrected chi connectivity index (χ4v) is 3.37. The van der Waals surface area contributed by atoms with Crippen molar-refractivity contribution >= 4 is 23.1 Å². The molecule has 0 aliphatic rings. The van der Waals surface area contributed by atoms with Crippen molar-refractivity contribution in [3.05, 3.63) is 102 Å². The Labute approximate surface area is 224 Å². The molecule has 2 N–H and O–H groups in total. The predicted molar refractivity (Wildman–Crippen MR) is 159 cm³/mol. The monoisotopic (exact) mass is 503 g/mol. The van der Waals surface area contributed by atoms with Gasteiger partial charge in [0.25, 0.3) is 0 Å². The van der Waals surface area contributed by atoms with Crippen molar-refractivity contribution in [1.82, 2.24) is 10.3 Å². The Morgan fingerprint density at radius 2 is 1.51 bits per heavy atom. The maximum atomic E-state index is 10.9. The topological polar surface area (TPSA) is 71.1 Å². The summed E-state index contributed by atoms with van der Waals surface area (Å²) in [6.45, 7) is 15.0. The van der Waals surface area contributed by atoms with Crippen LogP contribution in [0, 0.1) is 20.8 Å². The van der Waals surface area contributed by atoms with E-state index in [1.165, 1.54) is 11.6 Å². The first-order valence-corrected chi connectivity index (χ1v) is 12.5. The standard InChI is InChI=1S/C13H13N.C9H11NO.C9H17NO.CH4/c1-11-7-9-13(10-8-11)14-12-5-3-2-4-6-12;1-6-4-5-9(8(3)11)7(2)10-6;1-4-7-8(5-2)10-9(11)6-3;/h2-10,14H,1H3;4-5H,1-3H3;6,8H,3-5,7H2,1-2H3,(H,10,11);1H4/t;;8-;/m..1./s1. The van der Waals surface area contributed by atoms with Gasteiger partial charge in [-0.15, -0.1) is 0 Å². The first-order chi connectivity index (χ1) is 17.2. The molecule has 0 spiro atoms. The van der Waals surface area contributed by atoms with Crippen LogP contribution >= 0.6 is 0 Å². The number of hydrogen-bond acceptors (Lipinski definition) is 4. The van der Waals surface area contributed by atoms with E-state index in [4.69, 9.17) is 0 Å². The highest BCUT2D eigenvalue weighted by Crippen LogP contribution is 2.16. The van der Waals surface area contributed by atoms with Crippen LogP contribution in [0.3, 0.4) is 0 Å². The highest BCUT2D eigenvalue weighted by Gasteiger charge is 2.05. The Kier molecular flexibility index (Phi) is 16.7. The van der Waals surface area contributed by atoms with E-state index in [1.54, 1.807) is 6.92 Å². The maximum Gasteiger partial charge on any atom is 0.243 e. The number of Topliss-reactive ketones (excluding diaryl/α,β-unsaturated/α-hetero) is 1. The molecule has 1 amide bonds. The Balaban J connectivity index is 0.000000526. The third kappa shape index (κ3) is 13.8. The van der Waals surface area contributed by atoms with Gasteiger partial charge < -0.3 is 10.6 Å². The van der Waals surface area contributed by atoms with Gasteiger partial charge in [-0.05, 0) is 83.0 Å². The SMILES string of the molecule is C.C=CC(=O)N[C@H](CC)CCC.CC(=O)c1ccc(C)nc1C.Cc1ccc(Nc2ccccc2)cc1. The number of nitrogens with one attached hydrogen (secondary N) is 2. The molecule has 0 unspecified atom stereocenters. The summed E-state index contributed by atoms with van der Waals surface area (Å²) in [6, 6.07) is 22.5. The van der Waals surface area contributed by atoms with Crippen LogP contribution in [0.5, 0.6) is 0 Å². The normalized spacial score (nSPS) is 10.2. The van der Waals surface area contributed by atoms with Crippen LogP contribution in [0.4, 0.5) is 11.4 Å². The van der Waals surface area contributed by atoms with Crippen molar-refractivity contribution in [2.24, 2.45) is 0 Å². The number of ketones is 1.